The fraction of sp³-hybridized carbons (Fsp3) is 0.778. The molecule has 0 saturated heterocycles. The first-order valence-corrected chi connectivity index (χ1v) is 4.44. The molecule has 4 nitrogen and oxygen atoms in total. The summed E-state index contributed by atoms with van der Waals surface area (Å²) in [5.74, 6) is -3.06. The van der Waals surface area contributed by atoms with E-state index in [1.807, 2.05) is 0 Å². The van der Waals surface area contributed by atoms with Gasteiger partial charge in [-0.3, -0.25) is 0 Å². The van der Waals surface area contributed by atoms with E-state index in [-0.39, 0.29) is 93.8 Å². The van der Waals surface area contributed by atoms with E-state index < -0.39 is 17.4 Å². The van der Waals surface area contributed by atoms with Crippen LogP contribution < -0.4 is 91.2 Å². The number of rotatable bonds is 6. The smallest absolute Gasteiger partial charge is 0.549 e. The first-order valence-electron chi connectivity index (χ1n) is 4.44. The number of carboxylic acid groups (broad SMARTS) is 2. The van der Waals surface area contributed by atoms with Gasteiger partial charge in [-0.2, -0.15) is 0 Å². The Morgan fingerprint density at radius 3 is 1.40 bits per heavy atom. The molecular weight excluding hydrogens is 234 g/mol. The van der Waals surface area contributed by atoms with Gasteiger partial charge in [-0.25, -0.2) is 0 Å². The van der Waals surface area contributed by atoms with E-state index in [0.717, 1.165) is 0 Å². The van der Waals surface area contributed by atoms with E-state index in [0.29, 0.717) is 12.8 Å². The molecule has 0 amide bonds. The zero-order chi connectivity index (χ0) is 10.5. The molecule has 0 aliphatic heterocycles. The van der Waals surface area contributed by atoms with Crippen molar-refractivity contribution in [3.8, 4) is 0 Å². The van der Waals surface area contributed by atoms with Crippen molar-refractivity contribution in [2.24, 2.45) is 5.41 Å². The number of hydrogen-bond donors (Lipinski definition) is 0. The van der Waals surface area contributed by atoms with Crippen molar-refractivity contribution in [3.63, 3.8) is 0 Å². The maximum Gasteiger partial charge on any atom is 1.00 e. The summed E-state index contributed by atoms with van der Waals surface area (Å²) in [5, 5.41) is 21.4. The number of carbonyl (C=O) groups is 2. The summed E-state index contributed by atoms with van der Waals surface area (Å²) in [6.45, 7) is 3.46. The summed E-state index contributed by atoms with van der Waals surface area (Å²) in [6, 6.07) is 0. The van der Waals surface area contributed by atoms with Crippen LogP contribution in [0.5, 0.6) is 0 Å². The monoisotopic (exact) mass is 248 g/mol. The minimum absolute atomic E-state index is 0. The summed E-state index contributed by atoms with van der Waals surface area (Å²) in [5.41, 5.74) is -1.79. The van der Waals surface area contributed by atoms with E-state index in [1.165, 1.54) is 0 Å². The summed E-state index contributed by atoms with van der Waals surface area (Å²) < 4.78 is 0. The molecule has 76 valence electrons. The molecule has 15 heavy (non-hydrogen) atoms. The second-order valence-corrected chi connectivity index (χ2v) is 3.16. The molecule has 0 aromatic heterocycles. The fourth-order valence-electron chi connectivity index (χ4n) is 1.47. The third-order valence-corrected chi connectivity index (χ3v) is 2.14. The second-order valence-electron chi connectivity index (χ2n) is 3.16. The summed E-state index contributed by atoms with van der Waals surface area (Å²) >= 11 is 0. The Labute approximate surface area is 155 Å². The van der Waals surface area contributed by atoms with Gasteiger partial charge in [0.15, 0.2) is 0 Å². The minimum Gasteiger partial charge on any atom is -0.549 e. The van der Waals surface area contributed by atoms with Crippen molar-refractivity contribution < 1.29 is 101 Å². The summed E-state index contributed by atoms with van der Waals surface area (Å²) in [7, 11) is 0. The molecule has 0 aromatic carbocycles. The third kappa shape index (κ3) is 6.17. The Kier molecular flexibility index (Phi) is 15.6. The Morgan fingerprint density at radius 1 is 1.00 bits per heavy atom. The van der Waals surface area contributed by atoms with Gasteiger partial charge in [0.25, 0.3) is 0 Å². The van der Waals surface area contributed by atoms with Crippen molar-refractivity contribution in [1.82, 2.24) is 0 Å². The van der Waals surface area contributed by atoms with Crippen LogP contribution in [0.2, 0.25) is 0 Å². The van der Waals surface area contributed by atoms with Gasteiger partial charge < -0.3 is 19.8 Å². The molecule has 0 spiro atoms. The number of hydrogen-bond acceptors (Lipinski definition) is 4. The van der Waals surface area contributed by atoms with E-state index in [1.54, 1.807) is 13.8 Å². The van der Waals surface area contributed by atoms with Gasteiger partial charge in [0, 0.05) is 5.41 Å². The van der Waals surface area contributed by atoms with Gasteiger partial charge in [0.2, 0.25) is 0 Å². The van der Waals surface area contributed by atoms with E-state index in [2.05, 4.69) is 0 Å². The molecule has 0 atom stereocenters. The zero-order valence-electron chi connectivity index (χ0n) is 9.96. The molecule has 0 rings (SSSR count). The summed E-state index contributed by atoms with van der Waals surface area (Å²) in [4.78, 5) is 21.4. The number of aliphatic carboxylic acids is 2. The largest absolute Gasteiger partial charge is 1.00 e. The Hall–Kier alpha value is 1.58. The Bertz CT molecular complexity index is 186. The van der Waals surface area contributed by atoms with Crippen LogP contribution >= 0.6 is 0 Å². The predicted octanol–water partition coefficient (Wildman–Crippen LogP) is -6.92. The fourth-order valence-corrected chi connectivity index (χ4v) is 1.47. The van der Waals surface area contributed by atoms with E-state index >= 15 is 0 Å². The average molecular weight is 248 g/mol. The first-order chi connectivity index (χ1) is 6.01. The van der Waals surface area contributed by atoms with Crippen LogP contribution in [0.15, 0.2) is 0 Å². The van der Waals surface area contributed by atoms with Crippen molar-refractivity contribution in [1.29, 1.82) is 0 Å². The van der Waals surface area contributed by atoms with Gasteiger partial charge in [0.1, 0.15) is 0 Å². The van der Waals surface area contributed by atoms with Crippen molar-refractivity contribution >= 4 is 11.9 Å². The molecule has 0 aromatic rings. The SMILES string of the molecule is CCCC(CCC)(C(=O)[O-])C(=O)[O-].[K+].[Na+]. The molecule has 6 heteroatoms. The van der Waals surface area contributed by atoms with Crippen molar-refractivity contribution in [2.45, 2.75) is 39.5 Å². The molecule has 0 unspecified atom stereocenters. The van der Waals surface area contributed by atoms with Crippen molar-refractivity contribution in [2.75, 3.05) is 0 Å². The molecule has 0 aliphatic carbocycles. The maximum atomic E-state index is 10.7. The van der Waals surface area contributed by atoms with Crippen LogP contribution in [0.25, 0.3) is 0 Å². The van der Waals surface area contributed by atoms with Gasteiger partial charge in [-0.05, 0) is 12.8 Å². The quantitative estimate of drug-likeness (QED) is 0.346. The van der Waals surface area contributed by atoms with Crippen LogP contribution in [-0.4, -0.2) is 11.9 Å². The molecule has 0 N–H and O–H groups in total. The molecule has 0 fully saturated rings. The van der Waals surface area contributed by atoms with E-state index in [4.69, 9.17) is 0 Å². The standard InChI is InChI=1S/C9H16O4.K.Na/c1-3-5-9(6-4-2,7(10)11)8(12)13;;/h3-6H2,1-2H3,(H,10,11)(H,12,13);;/q;2*+1/p-2. The first kappa shape index (κ1) is 21.8. The molecule has 0 bridgehead atoms. The van der Waals surface area contributed by atoms with Crippen LogP contribution in [0, 0.1) is 5.41 Å². The van der Waals surface area contributed by atoms with E-state index in [9.17, 15) is 19.8 Å². The van der Waals surface area contributed by atoms with Gasteiger partial charge in [-0.15, -0.1) is 0 Å². The minimum atomic E-state index is -1.79. The molecule has 0 saturated carbocycles. The van der Waals surface area contributed by atoms with Gasteiger partial charge in [0.05, 0.1) is 11.9 Å². The van der Waals surface area contributed by atoms with Crippen LogP contribution in [0.4, 0.5) is 0 Å². The number of carboxylic acids is 2. The third-order valence-electron chi connectivity index (χ3n) is 2.14. The van der Waals surface area contributed by atoms with Gasteiger partial charge >= 0.3 is 80.9 Å². The van der Waals surface area contributed by atoms with Crippen molar-refractivity contribution in [3.05, 3.63) is 0 Å². The van der Waals surface area contributed by atoms with Crippen LogP contribution in [-0.2, 0) is 9.59 Å². The summed E-state index contributed by atoms with van der Waals surface area (Å²) in [6.07, 6.45) is 1.13. The Balaban J connectivity index is -0.000000720. The Morgan fingerprint density at radius 2 is 1.27 bits per heavy atom. The van der Waals surface area contributed by atoms with Crippen LogP contribution in [0.1, 0.15) is 39.5 Å². The number of carbonyl (C=O) groups excluding carboxylic acids is 2. The zero-order valence-corrected chi connectivity index (χ0v) is 15.1. The molecular formula is C9H14KNaO4. The second kappa shape index (κ2) is 10.7. The van der Waals surface area contributed by atoms with Gasteiger partial charge in [-0.1, -0.05) is 26.7 Å². The molecule has 0 heterocycles. The molecule has 0 aliphatic rings. The predicted molar refractivity (Wildman–Crippen MR) is 42.3 cm³/mol. The van der Waals surface area contributed by atoms with Crippen LogP contribution in [0.3, 0.4) is 0 Å². The normalized spacial score (nSPS) is 9.73. The maximum absolute atomic E-state index is 10.7. The topological polar surface area (TPSA) is 80.3 Å². The molecule has 0 radical (unpaired) electrons. The average Bonchev–Trinajstić information content (AvgIpc) is 2.03.